The van der Waals surface area contributed by atoms with Gasteiger partial charge in [0.2, 0.25) is 5.89 Å². The van der Waals surface area contributed by atoms with Gasteiger partial charge in [-0.05, 0) is 47.7 Å². The summed E-state index contributed by atoms with van der Waals surface area (Å²) in [5, 5.41) is 13.0. The van der Waals surface area contributed by atoms with Crippen molar-refractivity contribution in [1.82, 2.24) is 15.2 Å². The van der Waals surface area contributed by atoms with Gasteiger partial charge in [-0.3, -0.25) is 4.98 Å². The van der Waals surface area contributed by atoms with Crippen molar-refractivity contribution < 1.29 is 17.6 Å². The van der Waals surface area contributed by atoms with Gasteiger partial charge in [-0.15, -0.1) is 5.10 Å². The first-order valence-electron chi connectivity index (χ1n) is 9.22. The maximum Gasteiger partial charge on any atom is 0.416 e. The average molecular weight is 413 g/mol. The third-order valence-electron chi connectivity index (χ3n) is 4.61. The standard InChI is InChI=1S/C21H18F3N5O/c22-21(23,24)17-5-1-13(2-6-17)9-18(25)12-27-20-29-28-19(30-20)15-3-4-16-11-26-8-7-14(16)10-15/h1-8,10-11,18H,9,12,25H2,(H,27,29)/t18-/m1/s1. The molecule has 0 aliphatic carbocycles. The maximum absolute atomic E-state index is 12.6. The van der Waals surface area contributed by atoms with Crippen molar-refractivity contribution in [3.63, 3.8) is 0 Å². The molecule has 6 nitrogen and oxygen atoms in total. The van der Waals surface area contributed by atoms with Crippen LogP contribution in [-0.4, -0.2) is 27.8 Å². The van der Waals surface area contributed by atoms with Crippen LogP contribution in [0.4, 0.5) is 19.2 Å². The summed E-state index contributed by atoms with van der Waals surface area (Å²) in [4.78, 5) is 4.08. The SMILES string of the molecule is N[C@@H](CNc1nnc(-c2ccc3cnccc3c2)o1)Cc1ccc(C(F)(F)F)cc1. The minimum atomic E-state index is -4.35. The van der Waals surface area contributed by atoms with E-state index in [0.29, 0.717) is 24.4 Å². The molecule has 2 aromatic heterocycles. The van der Waals surface area contributed by atoms with Crippen molar-refractivity contribution >= 4 is 16.8 Å². The molecule has 2 aromatic carbocycles. The molecule has 2 heterocycles. The van der Waals surface area contributed by atoms with Gasteiger partial charge in [-0.25, -0.2) is 0 Å². The number of anilines is 1. The summed E-state index contributed by atoms with van der Waals surface area (Å²) in [7, 11) is 0. The van der Waals surface area contributed by atoms with E-state index in [2.05, 4.69) is 20.5 Å². The van der Waals surface area contributed by atoms with Crippen LogP contribution in [0.3, 0.4) is 0 Å². The Bertz CT molecular complexity index is 1140. The molecule has 0 amide bonds. The van der Waals surface area contributed by atoms with E-state index < -0.39 is 11.7 Å². The Hall–Kier alpha value is -3.46. The number of halogens is 3. The van der Waals surface area contributed by atoms with E-state index in [4.69, 9.17) is 10.2 Å². The van der Waals surface area contributed by atoms with Gasteiger partial charge >= 0.3 is 12.2 Å². The maximum atomic E-state index is 12.6. The Kier molecular flexibility index (Phi) is 5.37. The minimum absolute atomic E-state index is 0.225. The van der Waals surface area contributed by atoms with Gasteiger partial charge in [0.25, 0.3) is 0 Å². The summed E-state index contributed by atoms with van der Waals surface area (Å²) in [5.41, 5.74) is 6.90. The first-order chi connectivity index (χ1) is 14.4. The second kappa shape index (κ2) is 8.11. The largest absolute Gasteiger partial charge is 0.416 e. The van der Waals surface area contributed by atoms with E-state index in [-0.39, 0.29) is 12.1 Å². The third-order valence-corrected chi connectivity index (χ3v) is 4.61. The molecule has 3 N–H and O–H groups in total. The Morgan fingerprint density at radius 3 is 2.57 bits per heavy atom. The molecule has 154 valence electrons. The van der Waals surface area contributed by atoms with E-state index in [0.717, 1.165) is 28.5 Å². The zero-order chi connectivity index (χ0) is 21.1. The highest BCUT2D eigenvalue weighted by Crippen LogP contribution is 2.29. The molecule has 0 saturated heterocycles. The molecule has 0 unspecified atom stereocenters. The van der Waals surface area contributed by atoms with Gasteiger partial charge in [0.15, 0.2) is 0 Å². The number of alkyl halides is 3. The molecule has 9 heteroatoms. The summed E-state index contributed by atoms with van der Waals surface area (Å²) in [6, 6.07) is 12.5. The smallest absolute Gasteiger partial charge is 0.403 e. The predicted molar refractivity (Wildman–Crippen MR) is 107 cm³/mol. The van der Waals surface area contributed by atoms with E-state index in [1.54, 1.807) is 12.4 Å². The average Bonchev–Trinajstić information content (AvgIpc) is 3.21. The van der Waals surface area contributed by atoms with Crippen molar-refractivity contribution in [2.75, 3.05) is 11.9 Å². The fourth-order valence-electron chi connectivity index (χ4n) is 3.05. The molecule has 1 atom stereocenters. The zero-order valence-electron chi connectivity index (χ0n) is 15.7. The molecular formula is C21H18F3N5O. The van der Waals surface area contributed by atoms with Crippen LogP contribution in [0.25, 0.3) is 22.2 Å². The van der Waals surface area contributed by atoms with Crippen molar-refractivity contribution in [3.05, 3.63) is 72.1 Å². The summed E-state index contributed by atoms with van der Waals surface area (Å²) >= 11 is 0. The molecular weight excluding hydrogens is 395 g/mol. The highest BCUT2D eigenvalue weighted by Gasteiger charge is 2.29. The normalized spacial score (nSPS) is 12.8. The third kappa shape index (κ3) is 4.57. The molecule has 0 spiro atoms. The van der Waals surface area contributed by atoms with E-state index in [1.807, 2.05) is 24.3 Å². The Morgan fingerprint density at radius 2 is 1.80 bits per heavy atom. The summed E-state index contributed by atoms with van der Waals surface area (Å²) in [6.07, 6.45) is -0.451. The summed E-state index contributed by atoms with van der Waals surface area (Å²) in [6.45, 7) is 0.325. The number of hydrogen-bond acceptors (Lipinski definition) is 6. The predicted octanol–water partition coefficient (Wildman–Crippen LogP) is 4.29. The van der Waals surface area contributed by atoms with Gasteiger partial charge in [0.1, 0.15) is 0 Å². The molecule has 0 saturated carbocycles. The Morgan fingerprint density at radius 1 is 1.00 bits per heavy atom. The van der Waals surface area contributed by atoms with Gasteiger partial charge in [-0.1, -0.05) is 23.3 Å². The molecule has 4 rings (SSSR count). The summed E-state index contributed by atoms with van der Waals surface area (Å²) in [5.74, 6) is 0.368. The van der Waals surface area contributed by atoms with Crippen LogP contribution in [0.5, 0.6) is 0 Å². The van der Waals surface area contributed by atoms with Crippen LogP contribution in [0, 0.1) is 0 Å². The minimum Gasteiger partial charge on any atom is -0.403 e. The van der Waals surface area contributed by atoms with Crippen LogP contribution >= 0.6 is 0 Å². The number of hydrogen-bond donors (Lipinski definition) is 2. The fraction of sp³-hybridized carbons (Fsp3) is 0.190. The van der Waals surface area contributed by atoms with Crippen LogP contribution < -0.4 is 11.1 Å². The zero-order valence-corrected chi connectivity index (χ0v) is 15.7. The first kappa shape index (κ1) is 19.8. The van der Waals surface area contributed by atoms with Crippen molar-refractivity contribution in [2.45, 2.75) is 18.6 Å². The molecule has 0 aliphatic heterocycles. The lowest BCUT2D eigenvalue weighted by molar-refractivity contribution is -0.137. The van der Waals surface area contributed by atoms with Gasteiger partial charge in [0.05, 0.1) is 5.56 Å². The molecule has 0 fully saturated rings. The number of rotatable bonds is 6. The van der Waals surface area contributed by atoms with Crippen molar-refractivity contribution in [2.24, 2.45) is 5.73 Å². The Labute approximate surface area is 169 Å². The van der Waals surface area contributed by atoms with Gasteiger partial charge in [-0.2, -0.15) is 13.2 Å². The number of pyridine rings is 1. The van der Waals surface area contributed by atoms with Crippen molar-refractivity contribution in [3.8, 4) is 11.5 Å². The first-order valence-corrected chi connectivity index (χ1v) is 9.22. The molecule has 0 bridgehead atoms. The number of nitrogens with zero attached hydrogens (tertiary/aromatic N) is 3. The monoisotopic (exact) mass is 413 g/mol. The molecule has 4 aromatic rings. The number of nitrogens with one attached hydrogen (secondary N) is 1. The lowest BCUT2D eigenvalue weighted by Crippen LogP contribution is -2.31. The lowest BCUT2D eigenvalue weighted by Gasteiger charge is -2.12. The second-order valence-corrected chi connectivity index (χ2v) is 6.89. The number of benzene rings is 2. The van der Waals surface area contributed by atoms with E-state index in [9.17, 15) is 13.2 Å². The number of aromatic nitrogens is 3. The van der Waals surface area contributed by atoms with E-state index >= 15 is 0 Å². The van der Waals surface area contributed by atoms with Crippen LogP contribution in [-0.2, 0) is 12.6 Å². The summed E-state index contributed by atoms with van der Waals surface area (Å²) < 4.78 is 43.5. The quantitative estimate of drug-likeness (QED) is 0.490. The van der Waals surface area contributed by atoms with Gasteiger partial charge < -0.3 is 15.5 Å². The lowest BCUT2D eigenvalue weighted by atomic mass is 10.0. The number of nitrogens with two attached hydrogens (primary N) is 1. The Balaban J connectivity index is 1.35. The fourth-order valence-corrected chi connectivity index (χ4v) is 3.05. The molecule has 0 aliphatic rings. The van der Waals surface area contributed by atoms with Crippen LogP contribution in [0.2, 0.25) is 0 Å². The van der Waals surface area contributed by atoms with Gasteiger partial charge in [0, 0.05) is 35.9 Å². The van der Waals surface area contributed by atoms with Crippen molar-refractivity contribution in [1.29, 1.82) is 0 Å². The van der Waals surface area contributed by atoms with Crippen LogP contribution in [0.1, 0.15) is 11.1 Å². The molecule has 30 heavy (non-hydrogen) atoms. The topological polar surface area (TPSA) is 89.9 Å². The van der Waals surface area contributed by atoms with Crippen LogP contribution in [0.15, 0.2) is 65.3 Å². The highest BCUT2D eigenvalue weighted by molar-refractivity contribution is 5.85. The highest BCUT2D eigenvalue weighted by atomic mass is 19.4. The van der Waals surface area contributed by atoms with E-state index in [1.165, 1.54) is 12.1 Å². The second-order valence-electron chi connectivity index (χ2n) is 6.89. The number of fused-ring (bicyclic) bond motifs is 1. The molecule has 0 radical (unpaired) electrons.